The minimum absolute atomic E-state index is 0.148. The van der Waals surface area contributed by atoms with Gasteiger partial charge in [-0.3, -0.25) is 14.6 Å². The van der Waals surface area contributed by atoms with Gasteiger partial charge in [0, 0.05) is 69.8 Å². The zero-order chi connectivity index (χ0) is 28.2. The van der Waals surface area contributed by atoms with E-state index in [1.165, 1.54) is 11.1 Å². The molecule has 2 atom stereocenters. The summed E-state index contributed by atoms with van der Waals surface area (Å²) in [6.07, 6.45) is 3.47. The van der Waals surface area contributed by atoms with Crippen molar-refractivity contribution < 1.29 is 9.18 Å². The van der Waals surface area contributed by atoms with Crippen LogP contribution in [0.5, 0.6) is 0 Å². The lowest BCUT2D eigenvalue weighted by molar-refractivity contribution is -0.132. The summed E-state index contributed by atoms with van der Waals surface area (Å²) in [7, 11) is 0. The summed E-state index contributed by atoms with van der Waals surface area (Å²) >= 11 is 6.51. The highest BCUT2D eigenvalue weighted by atomic mass is 35.5. The molecule has 1 amide bonds. The van der Waals surface area contributed by atoms with Gasteiger partial charge in [0.05, 0.1) is 5.69 Å². The zero-order valence-electron chi connectivity index (χ0n) is 23.7. The summed E-state index contributed by atoms with van der Waals surface area (Å²) in [5, 5.41) is 0.816. The van der Waals surface area contributed by atoms with Gasteiger partial charge < -0.3 is 9.80 Å². The van der Waals surface area contributed by atoms with Gasteiger partial charge in [0.2, 0.25) is 5.91 Å². The maximum atomic E-state index is 14.4. The third kappa shape index (κ3) is 6.61. The van der Waals surface area contributed by atoms with Crippen molar-refractivity contribution in [3.8, 4) is 0 Å². The standard InChI is InChI=1S/C34H40ClFN4O/c35-30-10-4-3-9-28(30)23-37-17-16-32(38-19-21-39(22-20-38)33-12-6-5-11-31(33)36)29(24-37)13-14-34(41)40-18-15-26-7-1-2-8-27(26)25-40/h1-12,29,32H,13-25H2/t29-,32+/m1/s1. The predicted octanol–water partition coefficient (Wildman–Crippen LogP) is 5.86. The Bertz CT molecular complexity index is 1340. The fraction of sp³-hybridized carbons (Fsp3) is 0.441. The molecular weight excluding hydrogens is 535 g/mol. The van der Waals surface area contributed by atoms with Crippen LogP contribution in [0.2, 0.25) is 5.02 Å². The number of likely N-dealkylation sites (tertiary alicyclic amines) is 1. The molecule has 0 bridgehead atoms. The number of carbonyl (C=O) groups is 1. The van der Waals surface area contributed by atoms with Gasteiger partial charge in [-0.1, -0.05) is 66.2 Å². The van der Waals surface area contributed by atoms with Gasteiger partial charge in [-0.2, -0.15) is 0 Å². The van der Waals surface area contributed by atoms with Crippen LogP contribution >= 0.6 is 11.6 Å². The Kier molecular flexibility index (Phi) is 8.90. The molecule has 6 rings (SSSR count). The lowest BCUT2D eigenvalue weighted by Gasteiger charge is -2.47. The van der Waals surface area contributed by atoms with E-state index in [0.717, 1.165) is 88.8 Å². The van der Waals surface area contributed by atoms with Crippen LogP contribution in [0.3, 0.4) is 0 Å². The van der Waals surface area contributed by atoms with Crippen LogP contribution < -0.4 is 4.90 Å². The third-order valence-electron chi connectivity index (χ3n) is 9.32. The van der Waals surface area contributed by atoms with E-state index in [9.17, 15) is 9.18 Å². The first kappa shape index (κ1) is 28.2. The molecule has 3 aliphatic heterocycles. The number of anilines is 1. The highest BCUT2D eigenvalue weighted by molar-refractivity contribution is 6.31. The minimum Gasteiger partial charge on any atom is -0.367 e. The molecular formula is C34H40ClFN4O. The smallest absolute Gasteiger partial charge is 0.222 e. The van der Waals surface area contributed by atoms with Crippen LogP contribution in [0.1, 0.15) is 36.0 Å². The molecule has 5 nitrogen and oxygen atoms in total. The van der Waals surface area contributed by atoms with E-state index < -0.39 is 0 Å². The number of hydrogen-bond donors (Lipinski definition) is 0. The molecule has 0 radical (unpaired) electrons. The van der Waals surface area contributed by atoms with Gasteiger partial charge in [0.15, 0.2) is 0 Å². The Morgan fingerprint density at radius 1 is 0.854 bits per heavy atom. The molecule has 0 aromatic heterocycles. The second kappa shape index (κ2) is 12.9. The zero-order valence-corrected chi connectivity index (χ0v) is 24.5. The largest absolute Gasteiger partial charge is 0.367 e. The predicted molar refractivity (Wildman–Crippen MR) is 164 cm³/mol. The highest BCUT2D eigenvalue weighted by Gasteiger charge is 2.35. The summed E-state index contributed by atoms with van der Waals surface area (Å²) in [6.45, 7) is 7.80. The molecule has 41 heavy (non-hydrogen) atoms. The van der Waals surface area contributed by atoms with Crippen molar-refractivity contribution in [1.82, 2.24) is 14.7 Å². The first-order valence-electron chi connectivity index (χ1n) is 15.1. The number of nitrogens with zero attached hydrogens (tertiary/aromatic N) is 4. The summed E-state index contributed by atoms with van der Waals surface area (Å²) in [4.78, 5) is 22.8. The molecule has 7 heteroatoms. The normalized spacial score (nSPS) is 22.0. The average Bonchev–Trinajstić information content (AvgIpc) is 3.01. The van der Waals surface area contributed by atoms with Gasteiger partial charge in [-0.15, -0.1) is 0 Å². The topological polar surface area (TPSA) is 30.0 Å². The SMILES string of the molecule is O=C(CC[C@@H]1CN(Cc2ccccc2Cl)CC[C@@H]1N1CCN(c2ccccc2F)CC1)N1CCc2ccccc2C1. The summed E-state index contributed by atoms with van der Waals surface area (Å²) in [5.74, 6) is 0.517. The highest BCUT2D eigenvalue weighted by Crippen LogP contribution is 2.31. The van der Waals surface area contributed by atoms with E-state index in [0.29, 0.717) is 24.1 Å². The molecule has 0 unspecified atom stereocenters. The number of rotatable bonds is 7. The molecule has 2 saturated heterocycles. The van der Waals surface area contributed by atoms with Crippen LogP contribution in [0, 0.1) is 11.7 Å². The van der Waals surface area contributed by atoms with Crippen molar-refractivity contribution >= 4 is 23.2 Å². The molecule has 3 aliphatic rings. The van der Waals surface area contributed by atoms with E-state index >= 15 is 0 Å². The Balaban J connectivity index is 1.11. The number of para-hydroxylation sites is 1. The fourth-order valence-corrected chi connectivity index (χ4v) is 7.24. The van der Waals surface area contributed by atoms with Gasteiger partial charge in [-0.05, 0) is 66.6 Å². The third-order valence-corrected chi connectivity index (χ3v) is 9.69. The van der Waals surface area contributed by atoms with Gasteiger partial charge >= 0.3 is 0 Å². The Hall–Kier alpha value is -2.93. The monoisotopic (exact) mass is 574 g/mol. The Labute approximate surface area is 248 Å². The number of fused-ring (bicyclic) bond motifs is 1. The van der Waals surface area contributed by atoms with Crippen LogP contribution in [0.4, 0.5) is 10.1 Å². The van der Waals surface area contributed by atoms with E-state index in [1.54, 1.807) is 12.1 Å². The summed E-state index contributed by atoms with van der Waals surface area (Å²) < 4.78 is 14.4. The molecule has 0 N–H and O–H groups in total. The van der Waals surface area contributed by atoms with Crippen LogP contribution in [0.25, 0.3) is 0 Å². The van der Waals surface area contributed by atoms with Crippen molar-refractivity contribution in [3.05, 3.63) is 100 Å². The lowest BCUT2D eigenvalue weighted by Crippen LogP contribution is -2.57. The molecule has 0 aliphatic carbocycles. The molecule has 0 spiro atoms. The fourth-order valence-electron chi connectivity index (χ4n) is 7.05. The lowest BCUT2D eigenvalue weighted by atomic mass is 9.86. The number of benzene rings is 3. The van der Waals surface area contributed by atoms with E-state index in [1.807, 2.05) is 24.3 Å². The maximum absolute atomic E-state index is 14.4. The minimum atomic E-state index is -0.148. The summed E-state index contributed by atoms with van der Waals surface area (Å²) in [5.41, 5.74) is 4.51. The molecule has 216 valence electrons. The first-order valence-corrected chi connectivity index (χ1v) is 15.5. The Morgan fingerprint density at radius 2 is 1.59 bits per heavy atom. The second-order valence-corrected chi connectivity index (χ2v) is 12.2. The second-order valence-electron chi connectivity index (χ2n) is 11.8. The summed E-state index contributed by atoms with van der Waals surface area (Å²) in [6, 6.07) is 24.1. The number of carbonyl (C=O) groups excluding carboxylic acids is 1. The van der Waals surface area contributed by atoms with Crippen LogP contribution in [0.15, 0.2) is 72.8 Å². The number of piperazine rings is 1. The Morgan fingerprint density at radius 3 is 2.39 bits per heavy atom. The van der Waals surface area contributed by atoms with Gasteiger partial charge in [-0.25, -0.2) is 4.39 Å². The molecule has 2 fully saturated rings. The average molecular weight is 575 g/mol. The van der Waals surface area contributed by atoms with Crippen molar-refractivity contribution in [3.63, 3.8) is 0 Å². The van der Waals surface area contributed by atoms with Crippen LogP contribution in [-0.2, 0) is 24.3 Å². The quantitative estimate of drug-likeness (QED) is 0.354. The van der Waals surface area contributed by atoms with E-state index in [4.69, 9.17) is 11.6 Å². The first-order chi connectivity index (χ1) is 20.0. The van der Waals surface area contributed by atoms with Gasteiger partial charge in [0.25, 0.3) is 0 Å². The van der Waals surface area contributed by atoms with Crippen molar-refractivity contribution in [2.24, 2.45) is 5.92 Å². The van der Waals surface area contributed by atoms with Crippen molar-refractivity contribution in [1.29, 1.82) is 0 Å². The molecule has 3 heterocycles. The molecule has 0 saturated carbocycles. The number of hydrogen-bond acceptors (Lipinski definition) is 4. The maximum Gasteiger partial charge on any atom is 0.222 e. The molecule has 3 aromatic rings. The number of piperidine rings is 1. The van der Waals surface area contributed by atoms with Crippen molar-refractivity contribution in [2.45, 2.75) is 44.8 Å². The van der Waals surface area contributed by atoms with Crippen LogP contribution in [-0.4, -0.2) is 72.5 Å². The number of halogens is 2. The van der Waals surface area contributed by atoms with E-state index in [-0.39, 0.29) is 11.7 Å². The number of amides is 1. The van der Waals surface area contributed by atoms with Crippen molar-refractivity contribution in [2.75, 3.05) is 50.7 Å². The molecule has 3 aromatic carbocycles. The van der Waals surface area contributed by atoms with E-state index in [2.05, 4.69) is 56.0 Å². The van der Waals surface area contributed by atoms with Gasteiger partial charge in [0.1, 0.15) is 5.82 Å².